The van der Waals surface area contributed by atoms with Crippen LogP contribution >= 0.6 is 15.9 Å². The van der Waals surface area contributed by atoms with E-state index >= 15 is 0 Å². The molecule has 0 unspecified atom stereocenters. The van der Waals surface area contributed by atoms with Gasteiger partial charge in [-0.1, -0.05) is 45.0 Å². The third-order valence-electron chi connectivity index (χ3n) is 4.94. The van der Waals surface area contributed by atoms with E-state index in [0.29, 0.717) is 5.56 Å². The van der Waals surface area contributed by atoms with Gasteiger partial charge in [-0.15, -0.1) is 0 Å². The van der Waals surface area contributed by atoms with Crippen molar-refractivity contribution in [2.24, 2.45) is 10.7 Å². The lowest BCUT2D eigenvalue weighted by molar-refractivity contribution is -0.109. The van der Waals surface area contributed by atoms with Gasteiger partial charge in [-0.25, -0.2) is 4.79 Å². The highest BCUT2D eigenvalue weighted by atomic mass is 79.9. The minimum Gasteiger partial charge on any atom is -0.478 e. The molecule has 0 radical (unpaired) electrons. The number of amides is 1. The normalized spacial score (nSPS) is 12.6. The molecule has 5 N–H and O–H groups in total. The zero-order valence-electron chi connectivity index (χ0n) is 19.1. The van der Waals surface area contributed by atoms with Gasteiger partial charge in [-0.05, 0) is 52.0 Å². The molecule has 0 aromatic heterocycles. The second kappa shape index (κ2) is 10.4. The van der Waals surface area contributed by atoms with E-state index < -0.39 is 17.7 Å². The molecule has 0 spiro atoms. The van der Waals surface area contributed by atoms with E-state index in [-0.39, 0.29) is 38.1 Å². The fourth-order valence-corrected chi connectivity index (χ4v) is 3.46. The molecule has 0 atom stereocenters. The Hall–Kier alpha value is -3.46. The quantitative estimate of drug-likeness (QED) is 0.253. The minimum absolute atomic E-state index is 0.0206. The molecule has 174 valence electrons. The van der Waals surface area contributed by atoms with Gasteiger partial charge in [-0.2, -0.15) is 0 Å². The molecule has 0 saturated carbocycles. The molecule has 1 amide bonds. The number of nitrogens with one attached hydrogen (secondary N) is 2. The van der Waals surface area contributed by atoms with Crippen LogP contribution in [0.15, 0.2) is 63.3 Å². The van der Waals surface area contributed by atoms with Crippen LogP contribution < -0.4 is 16.6 Å². The molecule has 0 aliphatic heterocycles. The number of carboxylic acid groups (broad SMARTS) is 1. The molecule has 0 bridgehead atoms. The number of nitrogens with two attached hydrogens (primary N) is 1. The molecule has 0 aliphatic rings. The number of hydrogen-bond acceptors (Lipinski definition) is 6. The lowest BCUT2D eigenvalue weighted by Gasteiger charge is -2.19. The van der Waals surface area contributed by atoms with Gasteiger partial charge < -0.3 is 16.3 Å². The van der Waals surface area contributed by atoms with E-state index in [1.54, 1.807) is 6.92 Å². The highest BCUT2D eigenvalue weighted by Crippen LogP contribution is 2.23. The Labute approximate surface area is 201 Å². The van der Waals surface area contributed by atoms with E-state index in [0.717, 1.165) is 5.56 Å². The fraction of sp³-hybridized carbons (Fsp3) is 0.250. The second-order valence-corrected chi connectivity index (χ2v) is 9.20. The predicted octanol–water partition coefficient (Wildman–Crippen LogP) is 3.56. The van der Waals surface area contributed by atoms with Crippen LogP contribution in [0.4, 0.5) is 0 Å². The maximum absolute atomic E-state index is 12.9. The van der Waals surface area contributed by atoms with Crippen molar-refractivity contribution in [2.45, 2.75) is 33.1 Å². The Bertz CT molecular complexity index is 1150. The van der Waals surface area contributed by atoms with E-state index in [4.69, 9.17) is 10.8 Å². The zero-order chi connectivity index (χ0) is 24.9. The van der Waals surface area contributed by atoms with Crippen LogP contribution in [-0.2, 0) is 10.2 Å². The Morgan fingerprint density at radius 3 is 2.06 bits per heavy atom. The summed E-state index contributed by atoms with van der Waals surface area (Å²) in [6.45, 7) is 7.86. The summed E-state index contributed by atoms with van der Waals surface area (Å²) in [5, 5.41) is 9.08. The van der Waals surface area contributed by atoms with Crippen molar-refractivity contribution in [2.75, 3.05) is 7.05 Å². The number of allylic oxidation sites excluding steroid dienone is 2. The van der Waals surface area contributed by atoms with Gasteiger partial charge in [-0.3, -0.25) is 20.0 Å². The summed E-state index contributed by atoms with van der Waals surface area (Å²) in [6.07, 6.45) is 0. The Morgan fingerprint density at radius 1 is 1.00 bits per heavy atom. The van der Waals surface area contributed by atoms with Crippen molar-refractivity contribution >= 4 is 39.3 Å². The van der Waals surface area contributed by atoms with Crippen molar-refractivity contribution in [3.63, 3.8) is 0 Å². The highest BCUT2D eigenvalue weighted by Gasteiger charge is 2.20. The highest BCUT2D eigenvalue weighted by molar-refractivity contribution is 9.10. The number of benzene rings is 2. The minimum atomic E-state index is -1.11. The first-order valence-corrected chi connectivity index (χ1v) is 10.8. The number of rotatable bonds is 7. The summed E-state index contributed by atoms with van der Waals surface area (Å²) in [7, 11) is 1.52. The second-order valence-electron chi connectivity index (χ2n) is 8.35. The first-order valence-electron chi connectivity index (χ1n) is 10.0. The summed E-state index contributed by atoms with van der Waals surface area (Å²) < 4.78 is 0.269. The molecule has 8 nitrogen and oxygen atoms in total. The van der Waals surface area contributed by atoms with E-state index in [9.17, 15) is 14.4 Å². The average Bonchev–Trinajstić information content (AvgIpc) is 2.76. The van der Waals surface area contributed by atoms with Crippen LogP contribution in [-0.4, -0.2) is 35.5 Å². The van der Waals surface area contributed by atoms with Crippen molar-refractivity contribution in [1.29, 1.82) is 0 Å². The number of hydrazine groups is 1. The molecule has 0 heterocycles. The SMILES string of the molecule is CN=C(C(=O)C(N)=C(C)NNC(=O)c1ccc(C(=O)O)c(Br)c1)c1ccc(C(C)(C)C)cc1. The van der Waals surface area contributed by atoms with Crippen molar-refractivity contribution in [3.8, 4) is 0 Å². The maximum Gasteiger partial charge on any atom is 0.336 e. The fourth-order valence-electron chi connectivity index (χ4n) is 2.91. The van der Waals surface area contributed by atoms with Gasteiger partial charge in [0.1, 0.15) is 11.4 Å². The third kappa shape index (κ3) is 6.29. The number of aromatic carboxylic acids is 1. The number of nitrogens with zero attached hydrogens (tertiary/aromatic N) is 1. The van der Waals surface area contributed by atoms with Gasteiger partial charge in [0.15, 0.2) is 0 Å². The molecular formula is C24H27BrN4O4. The molecule has 0 fully saturated rings. The average molecular weight is 515 g/mol. The molecule has 2 aromatic rings. The number of carbonyl (C=O) groups excluding carboxylic acids is 2. The predicted molar refractivity (Wildman–Crippen MR) is 131 cm³/mol. The standard InChI is InChI=1S/C24H27BrN4O4/c1-13(28-29-22(31)15-8-11-17(23(32)33)18(25)12-15)19(26)21(30)20(27-5)14-6-9-16(10-7-14)24(2,3)4/h6-12,28H,26H2,1-5H3,(H,29,31)(H,32,33). The Kier molecular flexibility index (Phi) is 8.16. The van der Waals surface area contributed by atoms with Crippen molar-refractivity contribution in [3.05, 3.63) is 80.6 Å². The van der Waals surface area contributed by atoms with Gasteiger partial charge in [0, 0.05) is 22.6 Å². The first kappa shape index (κ1) is 25.8. The monoisotopic (exact) mass is 514 g/mol. The van der Waals surface area contributed by atoms with Crippen LogP contribution in [0, 0.1) is 0 Å². The molecular weight excluding hydrogens is 488 g/mol. The van der Waals surface area contributed by atoms with E-state index in [1.807, 2.05) is 24.3 Å². The first-order chi connectivity index (χ1) is 15.4. The summed E-state index contributed by atoms with van der Waals surface area (Å²) >= 11 is 3.13. The summed E-state index contributed by atoms with van der Waals surface area (Å²) in [6, 6.07) is 11.6. The van der Waals surface area contributed by atoms with Crippen LogP contribution in [0.5, 0.6) is 0 Å². The lowest BCUT2D eigenvalue weighted by atomic mass is 9.86. The van der Waals surface area contributed by atoms with E-state index in [2.05, 4.69) is 52.5 Å². The number of halogens is 1. The number of carboxylic acids is 1. The van der Waals surface area contributed by atoms with Gasteiger partial charge in [0.2, 0.25) is 5.78 Å². The summed E-state index contributed by atoms with van der Waals surface area (Å²) in [4.78, 5) is 40.5. The number of carbonyl (C=O) groups is 3. The Balaban J connectivity index is 2.15. The summed E-state index contributed by atoms with van der Waals surface area (Å²) in [5.74, 6) is -2.12. The summed E-state index contributed by atoms with van der Waals surface area (Å²) in [5.41, 5.74) is 13.4. The van der Waals surface area contributed by atoms with Crippen molar-refractivity contribution < 1.29 is 19.5 Å². The van der Waals surface area contributed by atoms with Crippen LogP contribution in [0.3, 0.4) is 0 Å². The molecule has 2 rings (SSSR count). The lowest BCUT2D eigenvalue weighted by Crippen LogP contribution is -2.38. The van der Waals surface area contributed by atoms with Crippen LogP contribution in [0.2, 0.25) is 0 Å². The number of ketones is 1. The van der Waals surface area contributed by atoms with Crippen molar-refractivity contribution in [1.82, 2.24) is 10.9 Å². The Morgan fingerprint density at radius 2 is 1.58 bits per heavy atom. The molecule has 0 aliphatic carbocycles. The topological polar surface area (TPSA) is 134 Å². The van der Waals surface area contributed by atoms with Gasteiger partial charge in [0.25, 0.3) is 5.91 Å². The van der Waals surface area contributed by atoms with Gasteiger partial charge in [0.05, 0.1) is 11.3 Å². The molecule has 33 heavy (non-hydrogen) atoms. The van der Waals surface area contributed by atoms with Crippen LogP contribution in [0.25, 0.3) is 0 Å². The van der Waals surface area contributed by atoms with Gasteiger partial charge >= 0.3 is 5.97 Å². The van der Waals surface area contributed by atoms with E-state index in [1.165, 1.54) is 25.2 Å². The molecule has 9 heteroatoms. The zero-order valence-corrected chi connectivity index (χ0v) is 20.7. The number of hydrogen-bond donors (Lipinski definition) is 4. The molecule has 0 saturated heterocycles. The largest absolute Gasteiger partial charge is 0.478 e. The number of aliphatic imine (C=N–C) groups is 1. The third-order valence-corrected chi connectivity index (χ3v) is 5.59. The molecule has 2 aromatic carbocycles. The smallest absolute Gasteiger partial charge is 0.336 e. The number of Topliss-reactive ketones (excluding diaryl/α,β-unsaturated/α-hetero) is 1. The maximum atomic E-state index is 12.9. The van der Waals surface area contributed by atoms with Crippen LogP contribution in [0.1, 0.15) is 59.5 Å².